The van der Waals surface area contributed by atoms with Crippen molar-refractivity contribution in [1.82, 2.24) is 15.6 Å². The van der Waals surface area contributed by atoms with Crippen molar-refractivity contribution in [1.29, 1.82) is 0 Å². The van der Waals surface area contributed by atoms with Crippen molar-refractivity contribution in [3.63, 3.8) is 0 Å². The number of hydrogen-bond acceptors (Lipinski definition) is 4. The van der Waals surface area contributed by atoms with Crippen LogP contribution in [-0.2, 0) is 11.3 Å². The number of anilines is 1. The average molecular weight is 501 g/mol. The largest absolute Gasteiger partial charge is 0.381 e. The first-order chi connectivity index (χ1) is 13.3. The lowest BCUT2D eigenvalue weighted by atomic mass is 10.2. The zero-order chi connectivity index (χ0) is 18.7. The maximum absolute atomic E-state index is 5.67. The van der Waals surface area contributed by atoms with E-state index in [0.717, 1.165) is 63.5 Å². The van der Waals surface area contributed by atoms with Gasteiger partial charge in [-0.3, -0.25) is 4.99 Å². The summed E-state index contributed by atoms with van der Waals surface area (Å²) in [5, 5.41) is 6.76. The van der Waals surface area contributed by atoms with Gasteiger partial charge in [0.1, 0.15) is 5.82 Å². The van der Waals surface area contributed by atoms with Crippen LogP contribution in [0.4, 0.5) is 5.82 Å². The van der Waals surface area contributed by atoms with Crippen molar-refractivity contribution in [2.24, 2.45) is 10.9 Å². The molecule has 158 valence electrons. The molecule has 0 spiro atoms. The number of hydrogen-bond donors (Lipinski definition) is 2. The third kappa shape index (κ3) is 8.51. The number of pyridine rings is 1. The van der Waals surface area contributed by atoms with Crippen molar-refractivity contribution in [3.8, 4) is 0 Å². The van der Waals surface area contributed by atoms with Gasteiger partial charge in [0, 0.05) is 52.6 Å². The van der Waals surface area contributed by atoms with Gasteiger partial charge in [-0.2, -0.15) is 0 Å². The Morgan fingerprint density at radius 3 is 2.71 bits per heavy atom. The molecule has 2 heterocycles. The minimum absolute atomic E-state index is 0. The molecule has 0 atom stereocenters. The van der Waals surface area contributed by atoms with Crippen LogP contribution >= 0.6 is 24.0 Å². The summed E-state index contributed by atoms with van der Waals surface area (Å²) in [6.45, 7) is 5.63. The Kier molecular flexibility index (Phi) is 10.9. The number of halogens is 1. The third-order valence-corrected chi connectivity index (χ3v) is 5.23. The summed E-state index contributed by atoms with van der Waals surface area (Å²) in [6.07, 6.45) is 10.8. The van der Waals surface area contributed by atoms with Crippen LogP contribution in [0.2, 0.25) is 0 Å². The number of nitrogens with one attached hydrogen (secondary N) is 2. The number of aromatic nitrogens is 1. The van der Waals surface area contributed by atoms with Gasteiger partial charge >= 0.3 is 0 Å². The van der Waals surface area contributed by atoms with E-state index in [2.05, 4.69) is 37.6 Å². The lowest BCUT2D eigenvalue weighted by Crippen LogP contribution is -2.37. The molecule has 1 aromatic rings. The summed E-state index contributed by atoms with van der Waals surface area (Å²) < 4.78 is 5.67. The molecule has 2 N–H and O–H groups in total. The van der Waals surface area contributed by atoms with E-state index in [1.54, 1.807) is 0 Å². The van der Waals surface area contributed by atoms with Gasteiger partial charge in [0.15, 0.2) is 5.96 Å². The van der Waals surface area contributed by atoms with Crippen molar-refractivity contribution in [3.05, 3.63) is 23.9 Å². The monoisotopic (exact) mass is 501 g/mol. The SMILES string of the molecule is CN=C(NCCCOCC1CC1)NCc1ccnc(N2CCCCCC2)c1.I. The van der Waals surface area contributed by atoms with Crippen LogP contribution in [0.1, 0.15) is 50.5 Å². The van der Waals surface area contributed by atoms with Crippen LogP contribution in [0.5, 0.6) is 0 Å². The summed E-state index contributed by atoms with van der Waals surface area (Å²) in [5.74, 6) is 2.78. The Morgan fingerprint density at radius 1 is 1.21 bits per heavy atom. The normalized spacial score (nSPS) is 17.6. The first-order valence-electron chi connectivity index (χ1n) is 10.6. The highest BCUT2D eigenvalue weighted by Gasteiger charge is 2.20. The fourth-order valence-electron chi connectivity index (χ4n) is 3.37. The number of ether oxygens (including phenoxy) is 1. The van der Waals surface area contributed by atoms with Crippen LogP contribution in [0.25, 0.3) is 0 Å². The maximum Gasteiger partial charge on any atom is 0.191 e. The zero-order valence-corrected chi connectivity index (χ0v) is 19.5. The molecule has 1 saturated heterocycles. The quantitative estimate of drug-likeness (QED) is 0.235. The van der Waals surface area contributed by atoms with Gasteiger partial charge in [0.25, 0.3) is 0 Å². The Balaban J connectivity index is 0.00000280. The van der Waals surface area contributed by atoms with Gasteiger partial charge in [-0.15, -0.1) is 24.0 Å². The van der Waals surface area contributed by atoms with Gasteiger partial charge in [0.2, 0.25) is 0 Å². The Bertz CT molecular complexity index is 586. The number of rotatable bonds is 9. The van der Waals surface area contributed by atoms with Gasteiger partial charge in [-0.25, -0.2) is 4.98 Å². The number of nitrogens with zero attached hydrogens (tertiary/aromatic N) is 3. The van der Waals surface area contributed by atoms with Crippen LogP contribution in [0.15, 0.2) is 23.3 Å². The molecule has 2 aliphatic rings. The van der Waals surface area contributed by atoms with Gasteiger partial charge in [0.05, 0.1) is 0 Å². The Morgan fingerprint density at radius 2 is 2.00 bits per heavy atom. The van der Waals surface area contributed by atoms with E-state index in [0.29, 0.717) is 0 Å². The summed E-state index contributed by atoms with van der Waals surface area (Å²) >= 11 is 0. The maximum atomic E-state index is 5.67. The lowest BCUT2D eigenvalue weighted by molar-refractivity contribution is 0.123. The molecule has 28 heavy (non-hydrogen) atoms. The Hall–Kier alpha value is -1.09. The van der Waals surface area contributed by atoms with Crippen molar-refractivity contribution < 1.29 is 4.74 Å². The van der Waals surface area contributed by atoms with Gasteiger partial charge in [-0.05, 0) is 55.7 Å². The smallest absolute Gasteiger partial charge is 0.191 e. The van der Waals surface area contributed by atoms with E-state index in [4.69, 9.17) is 4.74 Å². The van der Waals surface area contributed by atoms with Crippen molar-refractivity contribution in [2.75, 3.05) is 44.8 Å². The predicted molar refractivity (Wildman–Crippen MR) is 127 cm³/mol. The second-order valence-corrected chi connectivity index (χ2v) is 7.65. The lowest BCUT2D eigenvalue weighted by Gasteiger charge is -2.22. The fourth-order valence-corrected chi connectivity index (χ4v) is 3.37. The molecule has 1 aliphatic heterocycles. The Labute approximate surface area is 186 Å². The first kappa shape index (κ1) is 23.2. The summed E-state index contributed by atoms with van der Waals surface area (Å²) in [7, 11) is 1.81. The topological polar surface area (TPSA) is 61.8 Å². The second kappa shape index (κ2) is 13.2. The molecule has 0 amide bonds. The highest BCUT2D eigenvalue weighted by atomic mass is 127. The number of guanidine groups is 1. The molecule has 1 saturated carbocycles. The van der Waals surface area contributed by atoms with E-state index >= 15 is 0 Å². The molecule has 3 rings (SSSR count). The van der Waals surface area contributed by atoms with E-state index in [-0.39, 0.29) is 24.0 Å². The van der Waals surface area contributed by atoms with Crippen molar-refractivity contribution in [2.45, 2.75) is 51.5 Å². The predicted octanol–water partition coefficient (Wildman–Crippen LogP) is 3.56. The molecular formula is C21H36IN5O. The van der Waals surface area contributed by atoms with Crippen LogP contribution < -0.4 is 15.5 Å². The van der Waals surface area contributed by atoms with E-state index in [9.17, 15) is 0 Å². The minimum atomic E-state index is 0. The molecule has 0 radical (unpaired) electrons. The minimum Gasteiger partial charge on any atom is -0.381 e. The summed E-state index contributed by atoms with van der Waals surface area (Å²) in [4.78, 5) is 11.3. The summed E-state index contributed by atoms with van der Waals surface area (Å²) in [5.41, 5.74) is 1.24. The highest BCUT2D eigenvalue weighted by molar-refractivity contribution is 14.0. The van der Waals surface area contributed by atoms with Gasteiger partial charge < -0.3 is 20.3 Å². The molecule has 1 aromatic heterocycles. The van der Waals surface area contributed by atoms with Gasteiger partial charge in [-0.1, -0.05) is 12.8 Å². The molecule has 2 fully saturated rings. The highest BCUT2D eigenvalue weighted by Crippen LogP contribution is 2.28. The molecule has 0 aromatic carbocycles. The van der Waals surface area contributed by atoms with Crippen LogP contribution in [-0.4, -0.2) is 50.8 Å². The molecular weight excluding hydrogens is 465 g/mol. The molecule has 0 bridgehead atoms. The molecule has 0 unspecified atom stereocenters. The first-order valence-corrected chi connectivity index (χ1v) is 10.6. The van der Waals surface area contributed by atoms with Crippen molar-refractivity contribution >= 4 is 35.8 Å². The zero-order valence-electron chi connectivity index (χ0n) is 17.2. The van der Waals surface area contributed by atoms with E-state index in [1.807, 2.05) is 13.2 Å². The fraction of sp³-hybridized carbons (Fsp3) is 0.714. The standard InChI is InChI=1S/C21H35N5O.HI/c1-22-21(24-10-6-14-27-17-18-7-8-18)25-16-19-9-11-23-20(15-19)26-12-4-2-3-5-13-26;/h9,11,15,18H,2-8,10,12-14,16-17H2,1H3,(H2,22,24,25);1H. The summed E-state index contributed by atoms with van der Waals surface area (Å²) in [6, 6.07) is 4.28. The molecule has 7 heteroatoms. The molecule has 1 aliphatic carbocycles. The average Bonchev–Trinajstić information content (AvgIpc) is 3.54. The van der Waals surface area contributed by atoms with Crippen LogP contribution in [0.3, 0.4) is 0 Å². The van der Waals surface area contributed by atoms with E-state index in [1.165, 1.54) is 44.1 Å². The van der Waals surface area contributed by atoms with E-state index < -0.39 is 0 Å². The second-order valence-electron chi connectivity index (χ2n) is 7.65. The molecule has 6 nitrogen and oxygen atoms in total. The van der Waals surface area contributed by atoms with Crippen LogP contribution in [0, 0.1) is 5.92 Å². The number of aliphatic imine (C=N–C) groups is 1. The third-order valence-electron chi connectivity index (χ3n) is 5.23.